The minimum absolute atomic E-state index is 0.0177. The molecule has 3 aromatic heterocycles. The van der Waals surface area contributed by atoms with Crippen LogP contribution in [0.4, 0.5) is 17.3 Å². The number of ether oxygens (including phenoxy) is 4. The number of pyridine rings is 1. The highest BCUT2D eigenvalue weighted by atomic mass is 32.1. The fraction of sp³-hybridized carbons (Fsp3) is 0.435. The third-order valence-corrected chi connectivity index (χ3v) is 16.3. The Kier molecular flexibility index (Phi) is 21.8. The second kappa shape index (κ2) is 30.1. The first-order chi connectivity index (χ1) is 40.5. The highest BCUT2D eigenvalue weighted by Gasteiger charge is 2.40. The van der Waals surface area contributed by atoms with E-state index in [1.807, 2.05) is 77.4 Å². The minimum atomic E-state index is -0.590. The van der Waals surface area contributed by atoms with Crippen LogP contribution in [0.15, 0.2) is 109 Å². The molecule has 0 unspecified atom stereocenters. The fourth-order valence-corrected chi connectivity index (χ4v) is 11.4. The van der Waals surface area contributed by atoms with Crippen molar-refractivity contribution in [2.45, 2.75) is 83.5 Å². The number of nitrogens with one attached hydrogen (secondary N) is 4. The van der Waals surface area contributed by atoms with Crippen LogP contribution in [0.25, 0.3) is 11.3 Å². The van der Waals surface area contributed by atoms with Crippen LogP contribution in [0.5, 0.6) is 5.75 Å². The molecule has 1 saturated carbocycles. The molecule has 0 radical (unpaired) electrons. The van der Waals surface area contributed by atoms with Gasteiger partial charge < -0.3 is 50.0 Å². The molecule has 0 spiro atoms. The molecule has 9 rings (SSSR count). The van der Waals surface area contributed by atoms with Crippen molar-refractivity contribution in [1.82, 2.24) is 45.3 Å². The number of aryl methyl sites for hydroxylation is 1. The van der Waals surface area contributed by atoms with E-state index in [2.05, 4.69) is 41.1 Å². The predicted octanol–water partition coefficient (Wildman–Crippen LogP) is 7.64. The Morgan fingerprint density at radius 2 is 1.53 bits per heavy atom. The number of likely N-dealkylation sites (tertiary alicyclic amines) is 1. The standard InChI is InChI=1S/C62H75N11O9S/c1-42-16-21-49(37-52(42)69-62-65-24-22-51(68-62)48-13-8-23-64-38-48)66-59(77)46-19-17-44(18-20-46)39-71-26-28-72(29-27-71)55(74)40-81-33-32-79-30-31-80-34-35-82-50-14-7-12-47(36-50)57(75)53-41-83-60(67-53)54-15-9-25-73(54)61(78)56(45-10-5-4-6-11-45)70-58(76)43(2)63-3/h7-8,12-14,16-24,36-38,41,43,45,54,56,63H,4-6,9-11,15,25-35,39-40H2,1-3H3,(H,66,77)(H,70,76)(H,65,68,69)/t43-,54-,56-/m0/s1. The molecule has 3 atom stereocenters. The molecule has 20 nitrogen and oxygen atoms in total. The van der Waals surface area contributed by atoms with Gasteiger partial charge in [0.2, 0.25) is 29.5 Å². The van der Waals surface area contributed by atoms with Crippen molar-refractivity contribution in [1.29, 1.82) is 0 Å². The van der Waals surface area contributed by atoms with E-state index in [0.717, 1.165) is 91.1 Å². The number of hydrogen-bond donors (Lipinski definition) is 4. The van der Waals surface area contributed by atoms with Gasteiger partial charge in [0, 0.05) is 91.3 Å². The first-order valence-corrected chi connectivity index (χ1v) is 29.6. The van der Waals surface area contributed by atoms with Gasteiger partial charge in [-0.3, -0.25) is 33.9 Å². The van der Waals surface area contributed by atoms with E-state index in [1.165, 1.54) is 11.3 Å². The number of thiazole rings is 1. The number of aromatic nitrogens is 4. The van der Waals surface area contributed by atoms with E-state index < -0.39 is 12.1 Å². The van der Waals surface area contributed by atoms with Crippen LogP contribution in [-0.4, -0.2) is 162 Å². The van der Waals surface area contributed by atoms with Crippen LogP contribution in [0.1, 0.15) is 100 Å². The molecule has 0 bridgehead atoms. The summed E-state index contributed by atoms with van der Waals surface area (Å²) in [6.45, 7) is 9.55. The number of piperazine rings is 1. The molecule has 6 aromatic rings. The quantitative estimate of drug-likeness (QED) is 0.0287. The molecule has 1 aliphatic carbocycles. The summed E-state index contributed by atoms with van der Waals surface area (Å²) < 4.78 is 22.9. The third-order valence-electron chi connectivity index (χ3n) is 15.4. The normalized spacial score (nSPS) is 16.5. The van der Waals surface area contributed by atoms with Crippen molar-refractivity contribution in [3.05, 3.63) is 142 Å². The van der Waals surface area contributed by atoms with E-state index in [1.54, 1.807) is 62.2 Å². The van der Waals surface area contributed by atoms with Gasteiger partial charge in [-0.1, -0.05) is 49.6 Å². The number of likely N-dealkylation sites (N-methyl/N-ethyl adjacent to an activating group) is 1. The van der Waals surface area contributed by atoms with Crippen molar-refractivity contribution < 1.29 is 42.9 Å². The van der Waals surface area contributed by atoms with E-state index >= 15 is 0 Å². The summed E-state index contributed by atoms with van der Waals surface area (Å²) in [5, 5.41) is 14.8. The maximum atomic E-state index is 14.2. The summed E-state index contributed by atoms with van der Waals surface area (Å²) in [6.07, 6.45) is 11.8. The van der Waals surface area contributed by atoms with Crippen LogP contribution in [0.3, 0.4) is 0 Å². The van der Waals surface area contributed by atoms with Gasteiger partial charge in [-0.15, -0.1) is 11.3 Å². The Morgan fingerprint density at radius 3 is 2.29 bits per heavy atom. The molecule has 2 aliphatic heterocycles. The van der Waals surface area contributed by atoms with Gasteiger partial charge in [0.15, 0.2) is 0 Å². The maximum Gasteiger partial charge on any atom is 0.255 e. The largest absolute Gasteiger partial charge is 0.491 e. The molecule has 3 fully saturated rings. The van der Waals surface area contributed by atoms with Crippen LogP contribution in [0, 0.1) is 12.8 Å². The molecule has 438 valence electrons. The molecule has 4 amide bonds. The summed E-state index contributed by atoms with van der Waals surface area (Å²) in [5.74, 6) is 0.298. The number of carbonyl (C=O) groups is 5. The van der Waals surface area contributed by atoms with Crippen molar-refractivity contribution in [3.63, 3.8) is 0 Å². The van der Waals surface area contributed by atoms with Crippen molar-refractivity contribution in [2.24, 2.45) is 5.92 Å². The Balaban J connectivity index is 0.614. The Morgan fingerprint density at radius 1 is 0.759 bits per heavy atom. The number of anilines is 3. The number of amides is 4. The third kappa shape index (κ3) is 16.8. The lowest BCUT2D eigenvalue weighted by Crippen LogP contribution is -2.55. The Bertz CT molecular complexity index is 3120. The van der Waals surface area contributed by atoms with Crippen LogP contribution >= 0.6 is 11.3 Å². The highest BCUT2D eigenvalue weighted by molar-refractivity contribution is 7.10. The highest BCUT2D eigenvalue weighted by Crippen LogP contribution is 2.37. The second-order valence-electron chi connectivity index (χ2n) is 21.1. The smallest absolute Gasteiger partial charge is 0.255 e. The Labute approximate surface area is 489 Å². The van der Waals surface area contributed by atoms with Crippen LogP contribution in [-0.2, 0) is 35.1 Å². The summed E-state index contributed by atoms with van der Waals surface area (Å²) in [6, 6.07) is 24.6. The molecular weight excluding hydrogens is 1070 g/mol. The lowest BCUT2D eigenvalue weighted by atomic mass is 9.83. The fourth-order valence-electron chi connectivity index (χ4n) is 10.5. The monoisotopic (exact) mass is 1150 g/mol. The van der Waals surface area contributed by atoms with Crippen LogP contribution in [0.2, 0.25) is 0 Å². The zero-order chi connectivity index (χ0) is 57.9. The molecule has 2 saturated heterocycles. The molecule has 21 heteroatoms. The van der Waals surface area contributed by atoms with Gasteiger partial charge in [-0.05, 0) is 118 Å². The summed E-state index contributed by atoms with van der Waals surface area (Å²) in [5.41, 5.74) is 6.39. The van der Waals surface area contributed by atoms with Gasteiger partial charge >= 0.3 is 0 Å². The van der Waals surface area contributed by atoms with Crippen LogP contribution < -0.4 is 26.0 Å². The first kappa shape index (κ1) is 60.1. The molecule has 5 heterocycles. The molecule has 83 heavy (non-hydrogen) atoms. The SMILES string of the molecule is CN[C@@H](C)C(=O)N[C@H](C(=O)N1CCC[C@H]1c1nc(C(=O)c2cccc(OCCOCCOCCOCC(=O)N3CCN(Cc4ccc(C(=O)Nc5ccc(C)c(Nc6nccc(-c7cccnc7)n6)c5)cc4)CC3)c2)cs1)C1CCCCC1. The minimum Gasteiger partial charge on any atom is -0.491 e. The predicted molar refractivity (Wildman–Crippen MR) is 317 cm³/mol. The number of carbonyl (C=O) groups excluding carboxylic acids is 5. The zero-order valence-electron chi connectivity index (χ0n) is 47.6. The van der Waals surface area contributed by atoms with E-state index in [4.69, 9.17) is 23.9 Å². The molecule has 3 aliphatic rings. The van der Waals surface area contributed by atoms with Crippen molar-refractivity contribution in [2.75, 3.05) is 96.7 Å². The zero-order valence-corrected chi connectivity index (χ0v) is 48.4. The van der Waals surface area contributed by atoms with Crippen molar-refractivity contribution >= 4 is 58.1 Å². The second-order valence-corrected chi connectivity index (χ2v) is 22.0. The number of hydrogen-bond acceptors (Lipinski definition) is 17. The summed E-state index contributed by atoms with van der Waals surface area (Å²) in [7, 11) is 1.73. The topological polar surface area (TPSA) is 232 Å². The summed E-state index contributed by atoms with van der Waals surface area (Å²) in [4.78, 5) is 91.0. The number of benzene rings is 3. The van der Waals surface area contributed by atoms with Gasteiger partial charge in [0.05, 0.1) is 50.8 Å². The molecule has 3 aromatic carbocycles. The average Bonchev–Trinajstić information content (AvgIpc) is 4.46. The van der Waals surface area contributed by atoms with Gasteiger partial charge in [-0.25, -0.2) is 15.0 Å². The first-order valence-electron chi connectivity index (χ1n) is 28.8. The van der Waals surface area contributed by atoms with E-state index in [9.17, 15) is 24.0 Å². The van der Waals surface area contributed by atoms with Gasteiger partial charge in [-0.2, -0.15) is 0 Å². The van der Waals surface area contributed by atoms with Gasteiger partial charge in [0.25, 0.3) is 5.91 Å². The van der Waals surface area contributed by atoms with Crippen molar-refractivity contribution in [3.8, 4) is 17.0 Å². The summed E-state index contributed by atoms with van der Waals surface area (Å²) >= 11 is 1.39. The Hall–Kier alpha value is -7.53. The molecule has 4 N–H and O–H groups in total. The lowest BCUT2D eigenvalue weighted by molar-refractivity contribution is -0.139. The number of nitrogens with zero attached hydrogens (tertiary/aromatic N) is 7. The number of rotatable bonds is 27. The number of ketones is 1. The molecular formula is C62H75N11O9S. The lowest BCUT2D eigenvalue weighted by Gasteiger charge is -2.35. The average molecular weight is 1150 g/mol. The van der Waals surface area contributed by atoms with Gasteiger partial charge in [0.1, 0.15) is 35.7 Å². The van der Waals surface area contributed by atoms with E-state index in [-0.39, 0.29) is 61.2 Å². The van der Waals surface area contributed by atoms with E-state index in [0.29, 0.717) is 86.8 Å². The maximum absolute atomic E-state index is 14.2.